The van der Waals surface area contributed by atoms with Crippen LogP contribution >= 0.6 is 27.3 Å². The fraction of sp³-hybridized carbons (Fsp3) is 0.417. The zero-order valence-corrected chi connectivity index (χ0v) is 12.2. The average Bonchev–Trinajstić information content (AvgIpc) is 3.06. The third-order valence-corrected chi connectivity index (χ3v) is 4.23. The van der Waals surface area contributed by atoms with E-state index in [1.807, 2.05) is 12.3 Å². The van der Waals surface area contributed by atoms with Gasteiger partial charge in [0.25, 0.3) is 0 Å². The Labute approximate surface area is 118 Å². The Bertz CT molecular complexity index is 538. The maximum atomic E-state index is 4.22. The van der Waals surface area contributed by atoms with Gasteiger partial charge in [0.05, 0.1) is 0 Å². The molecule has 0 aromatic carbocycles. The van der Waals surface area contributed by atoms with E-state index in [0.717, 1.165) is 39.1 Å². The predicted molar refractivity (Wildman–Crippen MR) is 75.6 cm³/mol. The fourth-order valence-corrected chi connectivity index (χ4v) is 2.86. The summed E-state index contributed by atoms with van der Waals surface area (Å²) in [5.74, 6) is 0. The maximum absolute atomic E-state index is 4.22. The molecule has 2 aromatic heterocycles. The van der Waals surface area contributed by atoms with Crippen LogP contribution in [0.15, 0.2) is 22.9 Å². The summed E-state index contributed by atoms with van der Waals surface area (Å²) in [4.78, 5) is 4.14. The summed E-state index contributed by atoms with van der Waals surface area (Å²) in [6.45, 7) is 0.996. The van der Waals surface area contributed by atoms with Crippen molar-refractivity contribution >= 4 is 27.3 Å². The molecule has 1 aliphatic rings. The topological polar surface area (TPSA) is 50.7 Å². The summed E-state index contributed by atoms with van der Waals surface area (Å²) in [5.41, 5.74) is 1.02. The molecule has 6 heteroatoms. The lowest BCUT2D eigenvalue weighted by molar-refractivity contribution is 0.677. The van der Waals surface area contributed by atoms with Crippen LogP contribution in [-0.4, -0.2) is 27.8 Å². The second-order valence-corrected chi connectivity index (χ2v) is 6.35. The largest absolute Gasteiger partial charge is 0.314 e. The summed E-state index contributed by atoms with van der Waals surface area (Å²) in [7, 11) is 0. The van der Waals surface area contributed by atoms with E-state index in [2.05, 4.69) is 36.4 Å². The standard InChI is InChI=1S/C12H13BrN4S/c13-9-5-8(6-14-7-9)12-17-16-11(18-12)3-4-15-10-1-2-10/h5-7,10,15H,1-4H2. The molecule has 2 heterocycles. The lowest BCUT2D eigenvalue weighted by Gasteiger charge is -1.98. The molecule has 1 N–H and O–H groups in total. The highest BCUT2D eigenvalue weighted by Gasteiger charge is 2.19. The molecular weight excluding hydrogens is 312 g/mol. The first-order valence-electron chi connectivity index (χ1n) is 5.98. The van der Waals surface area contributed by atoms with Gasteiger partial charge in [0, 0.05) is 41.4 Å². The molecule has 1 saturated carbocycles. The molecule has 0 radical (unpaired) electrons. The third kappa shape index (κ3) is 3.13. The van der Waals surface area contributed by atoms with Gasteiger partial charge in [0.15, 0.2) is 0 Å². The van der Waals surface area contributed by atoms with Crippen molar-refractivity contribution in [1.82, 2.24) is 20.5 Å². The Morgan fingerprint density at radius 3 is 3.00 bits per heavy atom. The smallest absolute Gasteiger partial charge is 0.149 e. The minimum Gasteiger partial charge on any atom is -0.314 e. The van der Waals surface area contributed by atoms with Gasteiger partial charge in [-0.25, -0.2) is 0 Å². The summed E-state index contributed by atoms with van der Waals surface area (Å²) in [6.07, 6.45) is 7.19. The first-order valence-corrected chi connectivity index (χ1v) is 7.59. The highest BCUT2D eigenvalue weighted by molar-refractivity contribution is 9.10. The second-order valence-electron chi connectivity index (χ2n) is 4.37. The van der Waals surface area contributed by atoms with E-state index >= 15 is 0 Å². The number of halogens is 1. The molecule has 0 bridgehead atoms. The highest BCUT2D eigenvalue weighted by Crippen LogP contribution is 2.25. The van der Waals surface area contributed by atoms with Crippen molar-refractivity contribution in [3.63, 3.8) is 0 Å². The Morgan fingerprint density at radius 1 is 1.33 bits per heavy atom. The maximum Gasteiger partial charge on any atom is 0.149 e. The molecule has 18 heavy (non-hydrogen) atoms. The number of pyridine rings is 1. The lowest BCUT2D eigenvalue weighted by Crippen LogP contribution is -2.19. The van der Waals surface area contributed by atoms with E-state index in [4.69, 9.17) is 0 Å². The van der Waals surface area contributed by atoms with Crippen LogP contribution in [0.1, 0.15) is 17.8 Å². The van der Waals surface area contributed by atoms with E-state index in [1.165, 1.54) is 12.8 Å². The number of nitrogens with one attached hydrogen (secondary N) is 1. The summed E-state index contributed by atoms with van der Waals surface area (Å²) in [5, 5.41) is 13.9. The van der Waals surface area contributed by atoms with Gasteiger partial charge in [0.1, 0.15) is 10.0 Å². The zero-order chi connectivity index (χ0) is 12.4. The first kappa shape index (κ1) is 12.2. The zero-order valence-electron chi connectivity index (χ0n) is 9.77. The van der Waals surface area contributed by atoms with E-state index in [9.17, 15) is 0 Å². The highest BCUT2D eigenvalue weighted by atomic mass is 79.9. The lowest BCUT2D eigenvalue weighted by atomic mass is 10.3. The molecular formula is C12H13BrN4S. The van der Waals surface area contributed by atoms with Crippen molar-refractivity contribution < 1.29 is 0 Å². The number of hydrogen-bond acceptors (Lipinski definition) is 5. The van der Waals surface area contributed by atoms with Gasteiger partial charge in [-0.15, -0.1) is 10.2 Å². The Morgan fingerprint density at radius 2 is 2.22 bits per heavy atom. The van der Waals surface area contributed by atoms with E-state index < -0.39 is 0 Å². The average molecular weight is 325 g/mol. The van der Waals surface area contributed by atoms with Crippen LogP contribution in [-0.2, 0) is 6.42 Å². The van der Waals surface area contributed by atoms with E-state index in [-0.39, 0.29) is 0 Å². The van der Waals surface area contributed by atoms with Crippen LogP contribution in [0.3, 0.4) is 0 Å². The molecule has 94 valence electrons. The quantitative estimate of drug-likeness (QED) is 0.918. The molecule has 0 atom stereocenters. The summed E-state index contributed by atoms with van der Waals surface area (Å²) < 4.78 is 0.965. The van der Waals surface area contributed by atoms with Gasteiger partial charge < -0.3 is 5.32 Å². The van der Waals surface area contributed by atoms with Crippen molar-refractivity contribution in [2.24, 2.45) is 0 Å². The van der Waals surface area contributed by atoms with Gasteiger partial charge in [-0.05, 0) is 34.8 Å². The van der Waals surface area contributed by atoms with Gasteiger partial charge >= 0.3 is 0 Å². The molecule has 1 fully saturated rings. The minimum atomic E-state index is 0.756. The number of rotatable bonds is 5. The van der Waals surface area contributed by atoms with Crippen LogP contribution in [0, 0.1) is 0 Å². The van der Waals surface area contributed by atoms with Crippen molar-refractivity contribution in [3.8, 4) is 10.6 Å². The van der Waals surface area contributed by atoms with Crippen LogP contribution in [0.25, 0.3) is 10.6 Å². The third-order valence-electron chi connectivity index (χ3n) is 2.77. The van der Waals surface area contributed by atoms with Gasteiger partial charge in [-0.2, -0.15) is 0 Å². The fourth-order valence-electron chi connectivity index (χ4n) is 1.67. The number of aromatic nitrogens is 3. The second kappa shape index (κ2) is 5.42. The minimum absolute atomic E-state index is 0.756. The molecule has 0 aliphatic heterocycles. The van der Waals surface area contributed by atoms with Crippen LogP contribution in [0.4, 0.5) is 0 Å². The molecule has 1 aliphatic carbocycles. The monoisotopic (exact) mass is 324 g/mol. The van der Waals surface area contributed by atoms with E-state index in [1.54, 1.807) is 17.5 Å². The first-order chi connectivity index (χ1) is 8.81. The van der Waals surface area contributed by atoms with Gasteiger partial charge in [0.2, 0.25) is 0 Å². The van der Waals surface area contributed by atoms with Crippen molar-refractivity contribution in [2.45, 2.75) is 25.3 Å². The normalized spacial score (nSPS) is 14.9. The van der Waals surface area contributed by atoms with Gasteiger partial charge in [-0.3, -0.25) is 4.98 Å². The molecule has 3 rings (SSSR count). The van der Waals surface area contributed by atoms with Crippen molar-refractivity contribution in [3.05, 3.63) is 27.9 Å². The summed E-state index contributed by atoms with van der Waals surface area (Å²) in [6, 6.07) is 2.77. The molecule has 0 unspecified atom stereocenters. The molecule has 0 saturated heterocycles. The SMILES string of the molecule is Brc1cncc(-c2nnc(CCNC3CC3)s2)c1. The van der Waals surface area contributed by atoms with Crippen LogP contribution in [0.5, 0.6) is 0 Å². The van der Waals surface area contributed by atoms with Crippen molar-refractivity contribution in [1.29, 1.82) is 0 Å². The summed E-state index contributed by atoms with van der Waals surface area (Å²) >= 11 is 5.06. The Hall–Kier alpha value is -0.850. The molecule has 2 aromatic rings. The Kier molecular flexibility index (Phi) is 3.67. The van der Waals surface area contributed by atoms with Crippen LogP contribution in [0.2, 0.25) is 0 Å². The van der Waals surface area contributed by atoms with Crippen LogP contribution < -0.4 is 5.32 Å². The predicted octanol–water partition coefficient (Wildman–Crippen LogP) is 2.66. The van der Waals surface area contributed by atoms with Crippen molar-refractivity contribution in [2.75, 3.05) is 6.54 Å². The molecule has 0 amide bonds. The molecule has 0 spiro atoms. The Balaban J connectivity index is 1.64. The number of nitrogens with zero attached hydrogens (tertiary/aromatic N) is 3. The molecule has 4 nitrogen and oxygen atoms in total. The van der Waals surface area contributed by atoms with E-state index in [0.29, 0.717) is 0 Å². The number of hydrogen-bond donors (Lipinski definition) is 1. The van der Waals surface area contributed by atoms with Gasteiger partial charge in [-0.1, -0.05) is 11.3 Å².